The quantitative estimate of drug-likeness (QED) is 0.0150. The SMILES string of the molecule is CC/C=C/C=C/C=C\CCCCCCCC(=O)OC1C(OCC(NC(=O)C(O)CCCCCCCCCCCC)C(O)/C=C/CCCCCCCCCCCC)OC(CO)C(O)C1O. The lowest BCUT2D eigenvalue weighted by Crippen LogP contribution is -2.61. The number of aliphatic hydroxyl groups is 5. The fraction of sp³-hybridized carbons (Fsp3) is 0.811. The molecule has 0 aliphatic carbocycles. The van der Waals surface area contributed by atoms with Crippen LogP contribution in [-0.2, 0) is 23.8 Å². The Labute approximate surface area is 389 Å². The molecule has 1 rings (SSSR count). The molecular formula is C53H95NO10. The zero-order chi connectivity index (χ0) is 46.9. The molecule has 0 aromatic heterocycles. The molecule has 64 heavy (non-hydrogen) atoms. The van der Waals surface area contributed by atoms with Crippen LogP contribution in [0.4, 0.5) is 0 Å². The average Bonchev–Trinajstić information content (AvgIpc) is 3.29. The highest BCUT2D eigenvalue weighted by Gasteiger charge is 2.47. The lowest BCUT2D eigenvalue weighted by Gasteiger charge is -2.41. The van der Waals surface area contributed by atoms with E-state index in [4.69, 9.17) is 14.2 Å². The molecule has 1 aliphatic rings. The third-order valence-corrected chi connectivity index (χ3v) is 12.1. The monoisotopic (exact) mass is 906 g/mol. The van der Waals surface area contributed by atoms with Gasteiger partial charge in [0.25, 0.3) is 0 Å². The summed E-state index contributed by atoms with van der Waals surface area (Å²) in [5.41, 5.74) is 0. The zero-order valence-electron chi connectivity index (χ0n) is 40.6. The van der Waals surface area contributed by atoms with E-state index in [1.54, 1.807) is 6.08 Å². The predicted molar refractivity (Wildman–Crippen MR) is 260 cm³/mol. The second-order valence-corrected chi connectivity index (χ2v) is 17.9. The average molecular weight is 906 g/mol. The summed E-state index contributed by atoms with van der Waals surface area (Å²) in [6.07, 6.45) is 37.4. The van der Waals surface area contributed by atoms with Crippen LogP contribution in [0.5, 0.6) is 0 Å². The number of allylic oxidation sites excluding steroid dienone is 7. The normalized spacial score (nSPS) is 20.8. The first kappa shape index (κ1) is 59.6. The Kier molecular flexibility index (Phi) is 39.1. The van der Waals surface area contributed by atoms with Gasteiger partial charge in [-0.1, -0.05) is 211 Å². The van der Waals surface area contributed by atoms with Crippen molar-refractivity contribution >= 4 is 11.9 Å². The number of esters is 1. The molecule has 1 aliphatic heterocycles. The second-order valence-electron chi connectivity index (χ2n) is 17.9. The number of rotatable bonds is 42. The smallest absolute Gasteiger partial charge is 0.306 e. The third kappa shape index (κ3) is 30.8. The number of hydrogen-bond donors (Lipinski definition) is 6. The highest BCUT2D eigenvalue weighted by Crippen LogP contribution is 2.26. The second kappa shape index (κ2) is 42.0. The van der Waals surface area contributed by atoms with E-state index in [0.29, 0.717) is 19.3 Å². The van der Waals surface area contributed by atoms with Gasteiger partial charge in [0.2, 0.25) is 5.91 Å². The maximum atomic E-state index is 13.3. The van der Waals surface area contributed by atoms with Crippen LogP contribution in [0.25, 0.3) is 0 Å². The van der Waals surface area contributed by atoms with Crippen molar-refractivity contribution in [3.8, 4) is 0 Å². The minimum absolute atomic E-state index is 0.101. The maximum absolute atomic E-state index is 13.3. The summed E-state index contributed by atoms with van der Waals surface area (Å²) < 4.78 is 17.5. The number of aliphatic hydroxyl groups excluding tert-OH is 5. The van der Waals surface area contributed by atoms with Crippen molar-refractivity contribution in [2.75, 3.05) is 13.2 Å². The molecular weight excluding hydrogens is 811 g/mol. The zero-order valence-corrected chi connectivity index (χ0v) is 40.6. The number of amides is 1. The van der Waals surface area contributed by atoms with Crippen LogP contribution in [0.2, 0.25) is 0 Å². The van der Waals surface area contributed by atoms with E-state index in [0.717, 1.165) is 77.0 Å². The fourth-order valence-electron chi connectivity index (χ4n) is 7.88. The molecule has 8 unspecified atom stereocenters. The van der Waals surface area contributed by atoms with Gasteiger partial charge in [0.1, 0.15) is 24.4 Å². The number of ether oxygens (including phenoxy) is 3. The highest BCUT2D eigenvalue weighted by atomic mass is 16.7. The summed E-state index contributed by atoms with van der Waals surface area (Å²) in [7, 11) is 0. The van der Waals surface area contributed by atoms with E-state index in [1.165, 1.54) is 89.9 Å². The Balaban J connectivity index is 2.80. The van der Waals surface area contributed by atoms with Crippen LogP contribution in [-0.4, -0.2) is 99.6 Å². The van der Waals surface area contributed by atoms with Crippen molar-refractivity contribution in [1.82, 2.24) is 5.32 Å². The van der Waals surface area contributed by atoms with Gasteiger partial charge in [-0.25, -0.2) is 0 Å². The summed E-state index contributed by atoms with van der Waals surface area (Å²) in [6, 6.07) is -1.02. The highest BCUT2D eigenvalue weighted by molar-refractivity contribution is 5.80. The van der Waals surface area contributed by atoms with Crippen LogP contribution in [0.15, 0.2) is 48.6 Å². The maximum Gasteiger partial charge on any atom is 0.306 e. The van der Waals surface area contributed by atoms with Gasteiger partial charge in [0.15, 0.2) is 12.4 Å². The fourth-order valence-corrected chi connectivity index (χ4v) is 7.88. The van der Waals surface area contributed by atoms with Gasteiger partial charge in [-0.15, -0.1) is 0 Å². The van der Waals surface area contributed by atoms with E-state index in [2.05, 4.69) is 44.3 Å². The Morgan fingerprint density at radius 1 is 0.625 bits per heavy atom. The molecule has 1 amide bonds. The Bertz CT molecular complexity index is 1220. The molecule has 11 nitrogen and oxygen atoms in total. The largest absolute Gasteiger partial charge is 0.454 e. The van der Waals surface area contributed by atoms with E-state index < -0.39 is 67.4 Å². The number of carbonyl (C=O) groups excluding carboxylic acids is 2. The van der Waals surface area contributed by atoms with Crippen molar-refractivity contribution in [2.24, 2.45) is 0 Å². The van der Waals surface area contributed by atoms with Gasteiger partial charge in [-0.2, -0.15) is 0 Å². The molecule has 1 saturated heterocycles. The van der Waals surface area contributed by atoms with Crippen molar-refractivity contribution in [2.45, 2.75) is 262 Å². The summed E-state index contributed by atoms with van der Waals surface area (Å²) in [5.74, 6) is -1.22. The molecule has 372 valence electrons. The number of unbranched alkanes of at least 4 members (excludes halogenated alkanes) is 24. The van der Waals surface area contributed by atoms with E-state index in [-0.39, 0.29) is 13.0 Å². The van der Waals surface area contributed by atoms with Gasteiger partial charge in [0.05, 0.1) is 25.4 Å². The van der Waals surface area contributed by atoms with Gasteiger partial charge in [-0.05, 0) is 44.9 Å². The van der Waals surface area contributed by atoms with Crippen molar-refractivity contribution in [1.29, 1.82) is 0 Å². The molecule has 0 radical (unpaired) electrons. The minimum atomic E-state index is -1.62. The summed E-state index contributed by atoms with van der Waals surface area (Å²) in [4.78, 5) is 26.3. The molecule has 0 spiro atoms. The molecule has 1 fully saturated rings. The van der Waals surface area contributed by atoms with Crippen molar-refractivity contribution < 1.29 is 49.3 Å². The van der Waals surface area contributed by atoms with Crippen LogP contribution < -0.4 is 5.32 Å². The predicted octanol–water partition coefficient (Wildman–Crippen LogP) is 10.5. The molecule has 1 heterocycles. The van der Waals surface area contributed by atoms with Crippen LogP contribution in [0, 0.1) is 0 Å². The van der Waals surface area contributed by atoms with E-state index in [1.807, 2.05) is 24.3 Å². The van der Waals surface area contributed by atoms with Crippen molar-refractivity contribution in [3.05, 3.63) is 48.6 Å². The van der Waals surface area contributed by atoms with E-state index in [9.17, 15) is 35.1 Å². The third-order valence-electron chi connectivity index (χ3n) is 12.1. The standard InChI is InChI=1S/C53H95NO10/c1-4-7-10-13-16-19-22-24-26-29-32-35-38-41-48(58)64-51-50(60)49(59)47(42-55)63-53(51)62-43-44(45(56)39-36-33-30-28-25-23-20-17-14-11-8-5-2)54-52(61)46(57)40-37-34-31-27-21-18-15-12-9-6-3/h7,10,13,16,19,22,36,39,44-47,49-51,53,55-57,59-60H,4-6,8-9,11-12,14-15,17-18,20-21,23-35,37-38,40-43H2,1-3H3,(H,54,61)/b10-7+,16-13+,22-19-,39-36+. The lowest BCUT2D eigenvalue weighted by molar-refractivity contribution is -0.305. The number of carbonyl (C=O) groups is 2. The molecule has 11 heteroatoms. The minimum Gasteiger partial charge on any atom is -0.454 e. The summed E-state index contributed by atoms with van der Waals surface area (Å²) >= 11 is 0. The van der Waals surface area contributed by atoms with Crippen LogP contribution in [0.3, 0.4) is 0 Å². The lowest BCUT2D eigenvalue weighted by atomic mass is 9.99. The van der Waals surface area contributed by atoms with Crippen molar-refractivity contribution in [3.63, 3.8) is 0 Å². The number of nitrogens with one attached hydrogen (secondary N) is 1. The number of hydrogen-bond acceptors (Lipinski definition) is 10. The van der Waals surface area contributed by atoms with Gasteiger partial charge < -0.3 is 45.1 Å². The molecule has 6 N–H and O–H groups in total. The molecule has 0 saturated carbocycles. The molecule has 0 aromatic carbocycles. The van der Waals surface area contributed by atoms with E-state index >= 15 is 0 Å². The molecule has 8 atom stereocenters. The first-order chi connectivity index (χ1) is 31.2. The van der Waals surface area contributed by atoms with Gasteiger partial charge in [-0.3, -0.25) is 9.59 Å². The Morgan fingerprint density at radius 2 is 1.12 bits per heavy atom. The van der Waals surface area contributed by atoms with Crippen LogP contribution in [0.1, 0.15) is 213 Å². The first-order valence-corrected chi connectivity index (χ1v) is 25.9. The Morgan fingerprint density at radius 3 is 1.67 bits per heavy atom. The first-order valence-electron chi connectivity index (χ1n) is 25.9. The van der Waals surface area contributed by atoms with Crippen LogP contribution >= 0.6 is 0 Å². The van der Waals surface area contributed by atoms with Gasteiger partial charge in [0, 0.05) is 6.42 Å². The molecule has 0 bridgehead atoms. The summed E-state index contributed by atoms with van der Waals surface area (Å²) in [5, 5.41) is 56.5. The topological polar surface area (TPSA) is 175 Å². The Hall–Kier alpha value is -2.38. The van der Waals surface area contributed by atoms with Gasteiger partial charge >= 0.3 is 5.97 Å². The summed E-state index contributed by atoms with van der Waals surface area (Å²) in [6.45, 7) is 5.59. The molecule has 0 aromatic rings.